The van der Waals surface area contributed by atoms with E-state index >= 15 is 0 Å². The van der Waals surface area contributed by atoms with Crippen LogP contribution in [0, 0.1) is 0 Å². The first-order chi connectivity index (χ1) is 6.50. The largest absolute Gasteiger partial charge is 0.480 e. The van der Waals surface area contributed by atoms with Gasteiger partial charge in [0, 0.05) is 20.1 Å². The summed E-state index contributed by atoms with van der Waals surface area (Å²) >= 11 is 0. The Morgan fingerprint density at radius 1 is 1.29 bits per heavy atom. The van der Waals surface area contributed by atoms with E-state index in [2.05, 4.69) is 0 Å². The zero-order valence-electron chi connectivity index (χ0n) is 8.56. The van der Waals surface area contributed by atoms with Crippen molar-refractivity contribution in [1.29, 1.82) is 0 Å². The van der Waals surface area contributed by atoms with Crippen LogP contribution < -0.4 is 0 Å². The van der Waals surface area contributed by atoms with E-state index in [1.807, 2.05) is 0 Å². The SMILES string of the molecule is CN(C)C(=O)CN(CC(=O)O)C1CC1. The minimum absolute atomic E-state index is 0.0375. The molecule has 1 fully saturated rings. The fourth-order valence-electron chi connectivity index (χ4n) is 1.24. The molecule has 0 aliphatic heterocycles. The van der Waals surface area contributed by atoms with Crippen LogP contribution in [0.2, 0.25) is 0 Å². The predicted octanol–water partition coefficient (Wildman–Crippen LogP) is -0.376. The van der Waals surface area contributed by atoms with Crippen LogP contribution in [0.4, 0.5) is 0 Å². The molecule has 0 atom stereocenters. The number of amides is 1. The van der Waals surface area contributed by atoms with Crippen LogP contribution in [-0.4, -0.2) is 60.0 Å². The smallest absolute Gasteiger partial charge is 0.317 e. The van der Waals surface area contributed by atoms with Gasteiger partial charge in [-0.15, -0.1) is 0 Å². The van der Waals surface area contributed by atoms with Crippen molar-refractivity contribution < 1.29 is 14.7 Å². The Bertz CT molecular complexity index is 236. The molecule has 0 aromatic heterocycles. The highest BCUT2D eigenvalue weighted by Gasteiger charge is 2.31. The van der Waals surface area contributed by atoms with Gasteiger partial charge < -0.3 is 10.0 Å². The maximum atomic E-state index is 11.4. The van der Waals surface area contributed by atoms with Crippen LogP contribution in [0.25, 0.3) is 0 Å². The van der Waals surface area contributed by atoms with Gasteiger partial charge in [0.2, 0.25) is 5.91 Å². The third-order valence-corrected chi connectivity index (χ3v) is 2.24. The van der Waals surface area contributed by atoms with Crippen LogP contribution in [0.1, 0.15) is 12.8 Å². The Hall–Kier alpha value is -1.10. The van der Waals surface area contributed by atoms with Crippen molar-refractivity contribution in [3.63, 3.8) is 0 Å². The van der Waals surface area contributed by atoms with Gasteiger partial charge in [0.15, 0.2) is 0 Å². The Morgan fingerprint density at radius 3 is 2.21 bits per heavy atom. The first kappa shape index (κ1) is 11.0. The third-order valence-electron chi connectivity index (χ3n) is 2.24. The van der Waals surface area contributed by atoms with E-state index in [4.69, 9.17) is 5.11 Å². The lowest BCUT2D eigenvalue weighted by molar-refractivity contribution is -0.139. The molecule has 0 aromatic rings. The Morgan fingerprint density at radius 2 is 1.86 bits per heavy atom. The van der Waals surface area contributed by atoms with E-state index in [-0.39, 0.29) is 19.0 Å². The molecule has 0 bridgehead atoms. The molecular formula is C9H16N2O3. The molecule has 0 saturated heterocycles. The van der Waals surface area contributed by atoms with Gasteiger partial charge in [0.25, 0.3) is 0 Å². The van der Waals surface area contributed by atoms with Gasteiger partial charge in [-0.3, -0.25) is 14.5 Å². The summed E-state index contributed by atoms with van der Waals surface area (Å²) in [6.07, 6.45) is 2.02. The minimum Gasteiger partial charge on any atom is -0.480 e. The van der Waals surface area contributed by atoms with Gasteiger partial charge in [-0.1, -0.05) is 0 Å². The average molecular weight is 200 g/mol. The van der Waals surface area contributed by atoms with Gasteiger partial charge in [-0.05, 0) is 12.8 Å². The van der Waals surface area contributed by atoms with Crippen LogP contribution in [0.3, 0.4) is 0 Å². The molecule has 1 aliphatic carbocycles. The summed E-state index contributed by atoms with van der Waals surface area (Å²) in [4.78, 5) is 25.1. The highest BCUT2D eigenvalue weighted by atomic mass is 16.4. The molecule has 0 unspecified atom stereocenters. The number of hydrogen-bond acceptors (Lipinski definition) is 3. The Balaban J connectivity index is 2.42. The van der Waals surface area contributed by atoms with Crippen molar-refractivity contribution in [3.8, 4) is 0 Å². The number of hydrogen-bond donors (Lipinski definition) is 1. The maximum absolute atomic E-state index is 11.4. The average Bonchev–Trinajstić information content (AvgIpc) is 2.83. The molecule has 80 valence electrons. The molecule has 1 saturated carbocycles. The van der Waals surface area contributed by atoms with Gasteiger partial charge in [0.05, 0.1) is 13.1 Å². The predicted molar refractivity (Wildman–Crippen MR) is 50.9 cm³/mol. The lowest BCUT2D eigenvalue weighted by atomic mass is 10.4. The molecule has 0 radical (unpaired) electrons. The normalized spacial score (nSPS) is 15.6. The summed E-state index contributed by atoms with van der Waals surface area (Å²) in [5.41, 5.74) is 0. The monoisotopic (exact) mass is 200 g/mol. The second kappa shape index (κ2) is 4.41. The van der Waals surface area contributed by atoms with Gasteiger partial charge in [0.1, 0.15) is 0 Å². The van der Waals surface area contributed by atoms with E-state index in [1.54, 1.807) is 19.0 Å². The first-order valence-corrected chi connectivity index (χ1v) is 4.66. The second-order valence-corrected chi connectivity index (χ2v) is 3.82. The molecule has 1 N–H and O–H groups in total. The summed E-state index contributed by atoms with van der Waals surface area (Å²) < 4.78 is 0. The Labute approximate surface area is 83.3 Å². The van der Waals surface area contributed by atoms with Gasteiger partial charge in [-0.25, -0.2) is 0 Å². The summed E-state index contributed by atoms with van der Waals surface area (Å²) in [6.45, 7) is 0.175. The number of carbonyl (C=O) groups excluding carboxylic acids is 1. The lowest BCUT2D eigenvalue weighted by Gasteiger charge is -2.21. The molecule has 1 rings (SSSR count). The molecule has 1 amide bonds. The summed E-state index contributed by atoms with van der Waals surface area (Å²) in [6, 6.07) is 0.301. The van der Waals surface area contributed by atoms with Gasteiger partial charge >= 0.3 is 5.97 Å². The highest BCUT2D eigenvalue weighted by molar-refractivity contribution is 5.78. The van der Waals surface area contributed by atoms with E-state index in [1.165, 1.54) is 4.90 Å². The standard InChI is InChI=1S/C9H16N2O3/c1-10(2)8(12)5-11(6-9(13)14)7-3-4-7/h7H,3-6H2,1-2H3,(H,13,14). The molecule has 0 spiro atoms. The molecule has 5 heteroatoms. The van der Waals surface area contributed by atoms with Crippen molar-refractivity contribution in [1.82, 2.24) is 9.80 Å². The molecule has 0 heterocycles. The third kappa shape index (κ3) is 3.33. The summed E-state index contributed by atoms with van der Waals surface area (Å²) in [5, 5.41) is 8.65. The number of carbonyl (C=O) groups is 2. The van der Waals surface area contributed by atoms with E-state index in [9.17, 15) is 9.59 Å². The van der Waals surface area contributed by atoms with Crippen molar-refractivity contribution in [2.45, 2.75) is 18.9 Å². The highest BCUT2D eigenvalue weighted by Crippen LogP contribution is 2.26. The minimum atomic E-state index is -0.872. The number of nitrogens with zero attached hydrogens (tertiary/aromatic N) is 2. The zero-order chi connectivity index (χ0) is 10.7. The second-order valence-electron chi connectivity index (χ2n) is 3.82. The summed E-state index contributed by atoms with van der Waals surface area (Å²) in [7, 11) is 3.35. The van der Waals surface area contributed by atoms with Gasteiger partial charge in [-0.2, -0.15) is 0 Å². The van der Waals surface area contributed by atoms with Crippen LogP contribution in [-0.2, 0) is 9.59 Å². The zero-order valence-corrected chi connectivity index (χ0v) is 8.56. The van der Waals surface area contributed by atoms with Crippen molar-refractivity contribution in [2.75, 3.05) is 27.2 Å². The van der Waals surface area contributed by atoms with Crippen LogP contribution in [0.5, 0.6) is 0 Å². The molecular weight excluding hydrogens is 184 g/mol. The number of carboxylic acid groups (broad SMARTS) is 1. The van der Waals surface area contributed by atoms with Crippen molar-refractivity contribution in [3.05, 3.63) is 0 Å². The van der Waals surface area contributed by atoms with E-state index in [0.29, 0.717) is 6.04 Å². The summed E-state index contributed by atoms with van der Waals surface area (Å²) in [5.74, 6) is -0.915. The lowest BCUT2D eigenvalue weighted by Crippen LogP contribution is -2.40. The number of likely N-dealkylation sites (N-methyl/N-ethyl adjacent to an activating group) is 1. The fraction of sp³-hybridized carbons (Fsp3) is 0.778. The number of aliphatic carboxylic acids is 1. The molecule has 5 nitrogen and oxygen atoms in total. The Kier molecular flexibility index (Phi) is 3.46. The fourth-order valence-corrected chi connectivity index (χ4v) is 1.24. The van der Waals surface area contributed by atoms with Crippen LogP contribution >= 0.6 is 0 Å². The number of carboxylic acids is 1. The molecule has 14 heavy (non-hydrogen) atoms. The maximum Gasteiger partial charge on any atom is 0.317 e. The first-order valence-electron chi connectivity index (χ1n) is 4.66. The van der Waals surface area contributed by atoms with Crippen LogP contribution in [0.15, 0.2) is 0 Å². The van der Waals surface area contributed by atoms with Crippen molar-refractivity contribution in [2.24, 2.45) is 0 Å². The quantitative estimate of drug-likeness (QED) is 0.657. The van der Waals surface area contributed by atoms with E-state index in [0.717, 1.165) is 12.8 Å². The molecule has 1 aliphatic rings. The number of rotatable bonds is 5. The molecule has 0 aromatic carbocycles. The van der Waals surface area contributed by atoms with Crippen molar-refractivity contribution >= 4 is 11.9 Å². The topological polar surface area (TPSA) is 60.9 Å². The van der Waals surface area contributed by atoms with E-state index < -0.39 is 5.97 Å².